The second kappa shape index (κ2) is 9.17. The van der Waals surface area contributed by atoms with Crippen molar-refractivity contribution in [2.45, 2.75) is 19.8 Å². The Balaban J connectivity index is 1.50. The molecule has 1 aliphatic carbocycles. The van der Waals surface area contributed by atoms with Crippen LogP contribution in [0.15, 0.2) is 54.6 Å². The number of hydrogen-bond donors (Lipinski definition) is 2. The molecule has 0 saturated heterocycles. The van der Waals surface area contributed by atoms with Gasteiger partial charge < -0.3 is 15.4 Å². The van der Waals surface area contributed by atoms with Crippen LogP contribution in [-0.4, -0.2) is 30.9 Å². The van der Waals surface area contributed by atoms with Crippen LogP contribution in [0, 0.1) is 11.8 Å². The topological polar surface area (TPSA) is 84.5 Å². The Bertz CT molecular complexity index is 851. The zero-order valence-electron chi connectivity index (χ0n) is 15.8. The van der Waals surface area contributed by atoms with E-state index in [2.05, 4.69) is 10.6 Å². The van der Waals surface area contributed by atoms with E-state index in [9.17, 15) is 14.4 Å². The first-order valence-corrected chi connectivity index (χ1v) is 9.42. The predicted octanol–water partition coefficient (Wildman–Crippen LogP) is 2.80. The van der Waals surface area contributed by atoms with Crippen LogP contribution in [0.1, 0.15) is 29.3 Å². The first-order chi connectivity index (χ1) is 13.5. The highest BCUT2D eigenvalue weighted by molar-refractivity contribution is 6.04. The summed E-state index contributed by atoms with van der Waals surface area (Å²) in [5.41, 5.74) is 1.89. The molecular weight excluding hydrogens is 356 g/mol. The number of hydrogen-bond acceptors (Lipinski definition) is 4. The summed E-state index contributed by atoms with van der Waals surface area (Å²) in [7, 11) is 0. The SMILES string of the molecule is C[C@@H]1C[C@H]1C(=O)OCC(=O)Nc1ccccc1C(=O)NCCc1ccccc1. The number of ether oxygens (including phenoxy) is 1. The maximum atomic E-state index is 12.5. The van der Waals surface area contributed by atoms with Gasteiger partial charge in [0.1, 0.15) is 0 Å². The summed E-state index contributed by atoms with van der Waals surface area (Å²) < 4.78 is 5.03. The number of amides is 2. The maximum absolute atomic E-state index is 12.5. The quantitative estimate of drug-likeness (QED) is 0.690. The van der Waals surface area contributed by atoms with Gasteiger partial charge in [-0.3, -0.25) is 14.4 Å². The lowest BCUT2D eigenvalue weighted by Crippen LogP contribution is -2.28. The van der Waals surface area contributed by atoms with E-state index in [-0.39, 0.29) is 24.4 Å². The van der Waals surface area contributed by atoms with Gasteiger partial charge in [-0.05, 0) is 36.5 Å². The molecule has 6 heteroatoms. The molecule has 2 aromatic rings. The molecule has 0 unspecified atom stereocenters. The summed E-state index contributed by atoms with van der Waals surface area (Å²) in [6.07, 6.45) is 1.53. The van der Waals surface area contributed by atoms with Gasteiger partial charge in [0.25, 0.3) is 11.8 Å². The molecule has 2 N–H and O–H groups in total. The van der Waals surface area contributed by atoms with Crippen molar-refractivity contribution in [3.8, 4) is 0 Å². The van der Waals surface area contributed by atoms with E-state index < -0.39 is 5.91 Å². The summed E-state index contributed by atoms with van der Waals surface area (Å²) in [4.78, 5) is 36.3. The molecule has 0 bridgehead atoms. The van der Waals surface area contributed by atoms with Gasteiger partial charge >= 0.3 is 5.97 Å². The Morgan fingerprint density at radius 3 is 2.43 bits per heavy atom. The van der Waals surface area contributed by atoms with Crippen LogP contribution in [-0.2, 0) is 20.7 Å². The van der Waals surface area contributed by atoms with Crippen molar-refractivity contribution in [3.63, 3.8) is 0 Å². The van der Waals surface area contributed by atoms with E-state index in [0.29, 0.717) is 23.7 Å². The highest BCUT2D eigenvalue weighted by Crippen LogP contribution is 2.38. The van der Waals surface area contributed by atoms with Crippen molar-refractivity contribution in [1.29, 1.82) is 0 Å². The third-order valence-electron chi connectivity index (χ3n) is 4.75. The van der Waals surface area contributed by atoms with Gasteiger partial charge in [0.2, 0.25) is 0 Å². The number of carbonyl (C=O) groups is 3. The van der Waals surface area contributed by atoms with E-state index in [1.54, 1.807) is 24.3 Å². The molecule has 6 nitrogen and oxygen atoms in total. The standard InChI is InChI=1S/C22H24N2O4/c1-15-13-18(15)22(27)28-14-20(25)24-19-10-6-5-9-17(19)21(26)23-12-11-16-7-3-2-4-8-16/h2-10,15,18H,11-14H2,1H3,(H,23,26)(H,24,25)/t15-,18-/m1/s1. The zero-order chi connectivity index (χ0) is 19.9. The van der Waals surface area contributed by atoms with Crippen molar-refractivity contribution in [2.24, 2.45) is 11.8 Å². The summed E-state index contributed by atoms with van der Waals surface area (Å²) in [6.45, 7) is 2.10. The van der Waals surface area contributed by atoms with Gasteiger partial charge in [-0.1, -0.05) is 49.4 Å². The molecule has 2 aromatic carbocycles. The van der Waals surface area contributed by atoms with Crippen LogP contribution in [0.25, 0.3) is 0 Å². The highest BCUT2D eigenvalue weighted by atomic mass is 16.5. The van der Waals surface area contributed by atoms with E-state index >= 15 is 0 Å². The first-order valence-electron chi connectivity index (χ1n) is 9.42. The monoisotopic (exact) mass is 380 g/mol. The first kappa shape index (κ1) is 19.6. The molecule has 1 saturated carbocycles. The molecule has 28 heavy (non-hydrogen) atoms. The van der Waals surface area contributed by atoms with Gasteiger partial charge in [0, 0.05) is 6.54 Å². The fourth-order valence-corrected chi connectivity index (χ4v) is 2.93. The van der Waals surface area contributed by atoms with Crippen LogP contribution in [0.3, 0.4) is 0 Å². The molecular formula is C22H24N2O4. The van der Waals surface area contributed by atoms with Crippen molar-refractivity contribution in [2.75, 3.05) is 18.5 Å². The number of esters is 1. The number of nitrogens with one attached hydrogen (secondary N) is 2. The van der Waals surface area contributed by atoms with Gasteiger partial charge in [0.05, 0.1) is 17.2 Å². The van der Waals surface area contributed by atoms with Crippen LogP contribution >= 0.6 is 0 Å². The number of carbonyl (C=O) groups excluding carboxylic acids is 3. The molecule has 0 aromatic heterocycles. The normalized spacial score (nSPS) is 17.5. The Morgan fingerprint density at radius 2 is 1.71 bits per heavy atom. The molecule has 0 spiro atoms. The number of benzene rings is 2. The molecule has 0 heterocycles. The summed E-state index contributed by atoms with van der Waals surface area (Å²) in [5, 5.41) is 5.51. The molecule has 0 aliphatic heterocycles. The Hall–Kier alpha value is -3.15. The molecule has 2 atom stereocenters. The molecule has 1 fully saturated rings. The van der Waals surface area contributed by atoms with Gasteiger partial charge in [-0.25, -0.2) is 0 Å². The minimum absolute atomic E-state index is 0.0875. The highest BCUT2D eigenvalue weighted by Gasteiger charge is 2.40. The van der Waals surface area contributed by atoms with Crippen LogP contribution in [0.5, 0.6) is 0 Å². The average Bonchev–Trinajstić information content (AvgIpc) is 3.44. The fraction of sp³-hybridized carbons (Fsp3) is 0.318. The number of rotatable bonds is 8. The third kappa shape index (κ3) is 5.42. The third-order valence-corrected chi connectivity index (χ3v) is 4.75. The van der Waals surface area contributed by atoms with Gasteiger partial charge in [-0.15, -0.1) is 0 Å². The number of para-hydroxylation sites is 1. The Morgan fingerprint density at radius 1 is 1.04 bits per heavy atom. The van der Waals surface area contributed by atoms with Crippen molar-refractivity contribution < 1.29 is 19.1 Å². The maximum Gasteiger partial charge on any atom is 0.309 e. The smallest absolute Gasteiger partial charge is 0.309 e. The minimum atomic E-state index is -0.466. The minimum Gasteiger partial charge on any atom is -0.455 e. The largest absolute Gasteiger partial charge is 0.455 e. The van der Waals surface area contributed by atoms with Crippen molar-refractivity contribution in [1.82, 2.24) is 5.32 Å². The van der Waals surface area contributed by atoms with E-state index in [4.69, 9.17) is 4.74 Å². The van der Waals surface area contributed by atoms with Gasteiger partial charge in [0.15, 0.2) is 6.61 Å². The summed E-state index contributed by atoms with van der Waals surface area (Å²) >= 11 is 0. The zero-order valence-corrected chi connectivity index (χ0v) is 15.8. The fourth-order valence-electron chi connectivity index (χ4n) is 2.93. The lowest BCUT2D eigenvalue weighted by atomic mass is 10.1. The second-order valence-corrected chi connectivity index (χ2v) is 7.01. The molecule has 2 amide bonds. The predicted molar refractivity (Wildman–Crippen MR) is 106 cm³/mol. The lowest BCUT2D eigenvalue weighted by molar-refractivity contribution is -0.148. The summed E-state index contributed by atoms with van der Waals surface area (Å²) in [6, 6.07) is 16.6. The van der Waals surface area contributed by atoms with Crippen molar-refractivity contribution >= 4 is 23.5 Å². The molecule has 3 rings (SSSR count). The number of anilines is 1. The Labute approximate surface area is 164 Å². The second-order valence-electron chi connectivity index (χ2n) is 7.01. The van der Waals surface area contributed by atoms with Crippen LogP contribution in [0.4, 0.5) is 5.69 Å². The van der Waals surface area contributed by atoms with E-state index in [1.165, 1.54) is 0 Å². The summed E-state index contributed by atoms with van der Waals surface area (Å²) in [5.74, 6) is -0.831. The van der Waals surface area contributed by atoms with E-state index in [1.807, 2.05) is 37.3 Å². The molecule has 1 aliphatic rings. The average molecular weight is 380 g/mol. The molecule has 0 radical (unpaired) electrons. The lowest BCUT2D eigenvalue weighted by Gasteiger charge is -2.12. The van der Waals surface area contributed by atoms with Crippen LogP contribution in [0.2, 0.25) is 0 Å². The Kier molecular flexibility index (Phi) is 6.42. The van der Waals surface area contributed by atoms with Crippen LogP contribution < -0.4 is 10.6 Å². The molecule has 146 valence electrons. The van der Waals surface area contributed by atoms with Gasteiger partial charge in [-0.2, -0.15) is 0 Å². The van der Waals surface area contributed by atoms with E-state index in [0.717, 1.165) is 18.4 Å². The van der Waals surface area contributed by atoms with Crippen molar-refractivity contribution in [3.05, 3.63) is 65.7 Å².